The summed E-state index contributed by atoms with van der Waals surface area (Å²) >= 11 is 0. The van der Waals surface area contributed by atoms with Crippen LogP contribution in [0, 0.1) is 0 Å². The Labute approximate surface area is 245 Å². The van der Waals surface area contributed by atoms with Crippen LogP contribution in [-0.2, 0) is 40.9 Å². The fourth-order valence-electron chi connectivity index (χ4n) is 5.62. The molecule has 10 nitrogen and oxygen atoms in total. The van der Waals surface area contributed by atoms with Crippen molar-refractivity contribution in [3.05, 3.63) is 95.6 Å². The van der Waals surface area contributed by atoms with Gasteiger partial charge in [0.25, 0.3) is 0 Å². The van der Waals surface area contributed by atoms with Crippen LogP contribution in [0.1, 0.15) is 36.5 Å². The first kappa shape index (κ1) is 28.9. The zero-order valence-electron chi connectivity index (χ0n) is 24.0. The molecule has 1 aliphatic rings. The number of nitrogens with one attached hydrogen (secondary N) is 1. The summed E-state index contributed by atoms with van der Waals surface area (Å²) in [6.07, 6.45) is 1.44. The van der Waals surface area contributed by atoms with Crippen LogP contribution >= 0.6 is 0 Å². The Morgan fingerprint density at radius 1 is 1.00 bits per heavy atom. The van der Waals surface area contributed by atoms with E-state index < -0.39 is 12.1 Å². The summed E-state index contributed by atoms with van der Waals surface area (Å²) in [6, 6.07) is 23.5. The number of hydrogen-bond donors (Lipinski definition) is 2. The summed E-state index contributed by atoms with van der Waals surface area (Å²) in [5.74, 6) is -0.663. The van der Waals surface area contributed by atoms with Gasteiger partial charge >= 0.3 is 0 Å². The number of hydrogen-bond acceptors (Lipinski definition) is 6. The molecule has 3 N–H and O–H groups in total. The molecule has 3 amide bonds. The minimum absolute atomic E-state index is 0.108. The molecule has 2 heterocycles. The van der Waals surface area contributed by atoms with E-state index in [1.54, 1.807) is 14.5 Å². The van der Waals surface area contributed by atoms with Gasteiger partial charge in [0.15, 0.2) is 0 Å². The van der Waals surface area contributed by atoms with Gasteiger partial charge in [0.2, 0.25) is 17.7 Å². The maximum Gasteiger partial charge on any atom is 0.243 e. The minimum Gasteiger partial charge on any atom is -0.350 e. The van der Waals surface area contributed by atoms with E-state index in [-0.39, 0.29) is 36.9 Å². The SMILES string of the molecule is CC(=O)N(Cc1ccccc1)[C@H]1C[C@@H](C(=O)NCc2ccc3c(c2)nnn3C)N(C(=O)[C@H](N)CCc2ccccc2)C1. The van der Waals surface area contributed by atoms with Gasteiger partial charge in [0, 0.05) is 33.6 Å². The Balaban J connectivity index is 1.32. The molecule has 1 fully saturated rings. The third-order valence-corrected chi connectivity index (χ3v) is 7.95. The van der Waals surface area contributed by atoms with Gasteiger partial charge in [0.1, 0.15) is 11.6 Å². The summed E-state index contributed by atoms with van der Waals surface area (Å²) in [4.78, 5) is 43.4. The van der Waals surface area contributed by atoms with Crippen LogP contribution < -0.4 is 11.1 Å². The Kier molecular flexibility index (Phi) is 8.92. The fourth-order valence-corrected chi connectivity index (χ4v) is 5.62. The highest BCUT2D eigenvalue weighted by molar-refractivity contribution is 5.91. The molecule has 1 aliphatic heterocycles. The van der Waals surface area contributed by atoms with E-state index in [1.807, 2.05) is 85.9 Å². The summed E-state index contributed by atoms with van der Waals surface area (Å²) in [7, 11) is 1.82. The largest absolute Gasteiger partial charge is 0.350 e. The number of fused-ring (bicyclic) bond motifs is 1. The number of nitrogens with zero attached hydrogens (tertiary/aromatic N) is 5. The second kappa shape index (κ2) is 12.9. The van der Waals surface area contributed by atoms with Crippen molar-refractivity contribution in [1.82, 2.24) is 30.1 Å². The molecule has 4 aromatic rings. The van der Waals surface area contributed by atoms with E-state index in [0.29, 0.717) is 25.8 Å². The van der Waals surface area contributed by atoms with Gasteiger partial charge in [-0.15, -0.1) is 5.10 Å². The summed E-state index contributed by atoms with van der Waals surface area (Å²) < 4.78 is 1.69. The van der Waals surface area contributed by atoms with E-state index in [0.717, 1.165) is 27.7 Å². The van der Waals surface area contributed by atoms with Gasteiger partial charge in [-0.3, -0.25) is 14.4 Å². The lowest BCUT2D eigenvalue weighted by atomic mass is 10.0. The molecule has 218 valence electrons. The molecule has 1 saturated heterocycles. The van der Waals surface area contributed by atoms with Crippen LogP contribution in [0.2, 0.25) is 0 Å². The minimum atomic E-state index is -0.766. The molecule has 10 heteroatoms. The number of carbonyl (C=O) groups excluding carboxylic acids is 3. The van der Waals surface area contributed by atoms with Crippen LogP contribution in [0.4, 0.5) is 0 Å². The first-order valence-corrected chi connectivity index (χ1v) is 14.3. The second-order valence-electron chi connectivity index (χ2n) is 10.9. The van der Waals surface area contributed by atoms with Crippen molar-refractivity contribution in [3.8, 4) is 0 Å². The zero-order valence-corrected chi connectivity index (χ0v) is 24.0. The molecule has 5 rings (SSSR count). The predicted molar refractivity (Wildman–Crippen MR) is 160 cm³/mol. The molecule has 1 aromatic heterocycles. The Hall–Kier alpha value is -4.57. The molecule has 0 spiro atoms. The first-order valence-electron chi connectivity index (χ1n) is 14.3. The summed E-state index contributed by atoms with van der Waals surface area (Å²) in [6.45, 7) is 2.44. The van der Waals surface area contributed by atoms with Gasteiger partial charge in [-0.2, -0.15) is 0 Å². The Morgan fingerprint density at radius 3 is 2.38 bits per heavy atom. The average molecular weight is 568 g/mol. The number of likely N-dealkylation sites (tertiary alicyclic amines) is 1. The summed E-state index contributed by atoms with van der Waals surface area (Å²) in [5.41, 5.74) is 11.0. The summed E-state index contributed by atoms with van der Waals surface area (Å²) in [5, 5.41) is 11.2. The number of amides is 3. The number of nitrogens with two attached hydrogens (primary N) is 1. The van der Waals surface area contributed by atoms with Crippen LogP contribution in [0.25, 0.3) is 11.0 Å². The van der Waals surface area contributed by atoms with Gasteiger partial charge in [0.05, 0.1) is 17.6 Å². The van der Waals surface area contributed by atoms with Crippen LogP contribution in [0.3, 0.4) is 0 Å². The molecule has 0 aliphatic carbocycles. The number of carbonyl (C=O) groups is 3. The molecular weight excluding hydrogens is 530 g/mol. The molecule has 0 unspecified atom stereocenters. The van der Waals surface area contributed by atoms with Crippen molar-refractivity contribution >= 4 is 28.8 Å². The maximum absolute atomic E-state index is 13.7. The number of aromatic nitrogens is 3. The van der Waals surface area contributed by atoms with Crippen molar-refractivity contribution < 1.29 is 14.4 Å². The van der Waals surface area contributed by atoms with Gasteiger partial charge in [-0.25, -0.2) is 4.68 Å². The highest BCUT2D eigenvalue weighted by Gasteiger charge is 2.43. The van der Waals surface area contributed by atoms with E-state index in [9.17, 15) is 14.4 Å². The molecule has 3 aromatic carbocycles. The second-order valence-corrected chi connectivity index (χ2v) is 10.9. The molecule has 0 saturated carbocycles. The van der Waals surface area contributed by atoms with Crippen molar-refractivity contribution in [2.24, 2.45) is 12.8 Å². The normalized spacial score (nSPS) is 17.3. The highest BCUT2D eigenvalue weighted by Crippen LogP contribution is 2.26. The molecule has 0 bridgehead atoms. The number of aryl methyl sites for hydroxylation is 2. The van der Waals surface area contributed by atoms with Crippen molar-refractivity contribution in [3.63, 3.8) is 0 Å². The van der Waals surface area contributed by atoms with Gasteiger partial charge < -0.3 is 20.9 Å². The predicted octanol–water partition coefficient (Wildman–Crippen LogP) is 2.56. The highest BCUT2D eigenvalue weighted by atomic mass is 16.2. The molecule has 42 heavy (non-hydrogen) atoms. The van der Waals surface area contributed by atoms with Gasteiger partial charge in [-0.1, -0.05) is 71.9 Å². The monoisotopic (exact) mass is 567 g/mol. The number of benzene rings is 3. The standard InChI is InChI=1S/C32H37N7O3/c1-22(40)38(20-24-11-7-4-8-12-24)26-18-30(31(41)34-19-25-14-16-29-28(17-25)35-36-37(29)2)39(21-26)32(42)27(33)15-13-23-9-5-3-6-10-23/h3-12,14,16-17,26-27,30H,13,15,18-21,33H2,1-2H3,(H,34,41)/t26-,27+,30-/m0/s1. The molecule has 3 atom stereocenters. The third-order valence-electron chi connectivity index (χ3n) is 7.95. The number of rotatable bonds is 10. The third kappa shape index (κ3) is 6.66. The van der Waals surface area contributed by atoms with E-state index >= 15 is 0 Å². The smallest absolute Gasteiger partial charge is 0.243 e. The van der Waals surface area contributed by atoms with E-state index in [4.69, 9.17) is 5.73 Å². The average Bonchev–Trinajstić information content (AvgIpc) is 3.61. The van der Waals surface area contributed by atoms with Crippen molar-refractivity contribution in [1.29, 1.82) is 0 Å². The van der Waals surface area contributed by atoms with Crippen LogP contribution in [-0.4, -0.2) is 67.2 Å². The van der Waals surface area contributed by atoms with Crippen LogP contribution in [0.15, 0.2) is 78.9 Å². The lowest BCUT2D eigenvalue weighted by Gasteiger charge is -2.29. The van der Waals surface area contributed by atoms with Gasteiger partial charge in [-0.05, 0) is 48.1 Å². The van der Waals surface area contributed by atoms with Crippen LogP contribution in [0.5, 0.6) is 0 Å². The molecule has 0 radical (unpaired) electrons. The maximum atomic E-state index is 13.7. The van der Waals surface area contributed by atoms with E-state index in [1.165, 1.54) is 6.92 Å². The first-order chi connectivity index (χ1) is 20.3. The topological polar surface area (TPSA) is 126 Å². The molecular formula is C32H37N7O3. The Morgan fingerprint density at radius 2 is 1.69 bits per heavy atom. The quantitative estimate of drug-likeness (QED) is 0.303. The zero-order chi connectivity index (χ0) is 29.6. The van der Waals surface area contributed by atoms with Crippen molar-refractivity contribution in [2.45, 2.75) is 57.4 Å². The Bertz CT molecular complexity index is 1540. The van der Waals surface area contributed by atoms with E-state index in [2.05, 4.69) is 15.6 Å². The lowest BCUT2D eigenvalue weighted by Crippen LogP contribution is -2.51. The lowest BCUT2D eigenvalue weighted by molar-refractivity contribution is -0.139. The van der Waals surface area contributed by atoms with Crippen molar-refractivity contribution in [2.75, 3.05) is 6.54 Å². The fraction of sp³-hybridized carbons (Fsp3) is 0.344.